The highest BCUT2D eigenvalue weighted by Crippen LogP contribution is 2.33. The normalized spacial score (nSPS) is 19.9. The molecule has 1 aliphatic carbocycles. The molecule has 0 aliphatic heterocycles. The molecule has 2 rings (SSSR count). The second-order valence-corrected chi connectivity index (χ2v) is 5.85. The standard InChI is InChI=1S/C14H19Cl2N/c15-12-7-11(8-13(16)9-12)14(17)10-5-3-1-2-4-6-10/h7-10,14H,1-6,17H2. The van der Waals surface area contributed by atoms with Crippen molar-refractivity contribution in [3.63, 3.8) is 0 Å². The van der Waals surface area contributed by atoms with Crippen molar-refractivity contribution in [3.05, 3.63) is 33.8 Å². The zero-order valence-corrected chi connectivity index (χ0v) is 11.5. The molecular formula is C14H19Cl2N. The summed E-state index contributed by atoms with van der Waals surface area (Å²) >= 11 is 12.1. The van der Waals surface area contributed by atoms with Gasteiger partial charge in [-0.15, -0.1) is 0 Å². The molecule has 1 unspecified atom stereocenters. The van der Waals surface area contributed by atoms with Crippen LogP contribution in [0, 0.1) is 5.92 Å². The van der Waals surface area contributed by atoms with E-state index in [4.69, 9.17) is 28.9 Å². The number of nitrogens with two attached hydrogens (primary N) is 1. The van der Waals surface area contributed by atoms with Crippen LogP contribution < -0.4 is 5.73 Å². The number of halogens is 2. The Balaban J connectivity index is 2.14. The Labute approximate surface area is 113 Å². The molecule has 1 saturated carbocycles. The summed E-state index contributed by atoms with van der Waals surface area (Å²) < 4.78 is 0. The highest BCUT2D eigenvalue weighted by molar-refractivity contribution is 6.34. The van der Waals surface area contributed by atoms with E-state index in [0.29, 0.717) is 16.0 Å². The van der Waals surface area contributed by atoms with Gasteiger partial charge in [0, 0.05) is 16.1 Å². The first-order valence-electron chi connectivity index (χ1n) is 6.38. The molecule has 1 aromatic carbocycles. The van der Waals surface area contributed by atoms with Crippen molar-refractivity contribution in [2.24, 2.45) is 11.7 Å². The maximum absolute atomic E-state index is 6.36. The highest BCUT2D eigenvalue weighted by Gasteiger charge is 2.21. The maximum Gasteiger partial charge on any atom is 0.0424 e. The summed E-state index contributed by atoms with van der Waals surface area (Å²) in [6, 6.07) is 5.72. The van der Waals surface area contributed by atoms with E-state index in [0.717, 1.165) is 5.56 Å². The van der Waals surface area contributed by atoms with Crippen molar-refractivity contribution < 1.29 is 0 Å². The Bertz CT molecular complexity index is 350. The van der Waals surface area contributed by atoms with Crippen LogP contribution in [0.3, 0.4) is 0 Å². The van der Waals surface area contributed by atoms with Gasteiger partial charge in [-0.3, -0.25) is 0 Å². The minimum atomic E-state index is 0.0734. The van der Waals surface area contributed by atoms with Crippen molar-refractivity contribution >= 4 is 23.2 Å². The summed E-state index contributed by atoms with van der Waals surface area (Å²) in [5.74, 6) is 0.576. The van der Waals surface area contributed by atoms with Gasteiger partial charge in [-0.05, 0) is 42.5 Å². The first-order valence-corrected chi connectivity index (χ1v) is 7.14. The van der Waals surface area contributed by atoms with Crippen LogP contribution in [-0.2, 0) is 0 Å². The summed E-state index contributed by atoms with van der Waals surface area (Å²) in [6.45, 7) is 0. The second-order valence-electron chi connectivity index (χ2n) is 4.98. The second kappa shape index (κ2) is 6.08. The molecule has 1 aromatic rings. The van der Waals surface area contributed by atoms with Crippen LogP contribution in [0.25, 0.3) is 0 Å². The average molecular weight is 272 g/mol. The third kappa shape index (κ3) is 3.61. The molecule has 0 heterocycles. The molecule has 3 heteroatoms. The first kappa shape index (κ1) is 13.2. The van der Waals surface area contributed by atoms with Gasteiger partial charge >= 0.3 is 0 Å². The molecule has 0 amide bonds. The van der Waals surface area contributed by atoms with E-state index in [1.54, 1.807) is 6.07 Å². The van der Waals surface area contributed by atoms with Crippen molar-refractivity contribution in [2.45, 2.75) is 44.6 Å². The molecular weight excluding hydrogens is 253 g/mol. The van der Waals surface area contributed by atoms with Crippen LogP contribution in [0.1, 0.15) is 50.1 Å². The topological polar surface area (TPSA) is 26.0 Å². The van der Waals surface area contributed by atoms with Crippen LogP contribution in [0.5, 0.6) is 0 Å². The Kier molecular flexibility index (Phi) is 4.72. The third-order valence-corrected chi connectivity index (χ3v) is 4.11. The van der Waals surface area contributed by atoms with Gasteiger partial charge in [0.1, 0.15) is 0 Å². The van der Waals surface area contributed by atoms with E-state index in [2.05, 4.69) is 0 Å². The van der Waals surface area contributed by atoms with Gasteiger partial charge in [0.2, 0.25) is 0 Å². The van der Waals surface area contributed by atoms with Gasteiger partial charge < -0.3 is 5.73 Å². The quantitative estimate of drug-likeness (QED) is 0.756. The van der Waals surface area contributed by atoms with Gasteiger partial charge in [0.25, 0.3) is 0 Å². The van der Waals surface area contributed by atoms with E-state index in [1.807, 2.05) is 12.1 Å². The van der Waals surface area contributed by atoms with Gasteiger partial charge in [-0.1, -0.05) is 48.9 Å². The predicted octanol–water partition coefficient (Wildman–Crippen LogP) is 4.96. The molecule has 0 bridgehead atoms. The van der Waals surface area contributed by atoms with E-state index in [9.17, 15) is 0 Å². The lowest BCUT2D eigenvalue weighted by Gasteiger charge is -2.23. The van der Waals surface area contributed by atoms with Crippen LogP contribution in [-0.4, -0.2) is 0 Å². The summed E-state index contributed by atoms with van der Waals surface area (Å²) in [5, 5.41) is 1.35. The minimum absolute atomic E-state index is 0.0734. The van der Waals surface area contributed by atoms with Crippen LogP contribution in [0.2, 0.25) is 10.0 Å². The number of hydrogen-bond acceptors (Lipinski definition) is 1. The average Bonchev–Trinajstić information content (AvgIpc) is 2.55. The van der Waals surface area contributed by atoms with Gasteiger partial charge in [0.05, 0.1) is 0 Å². The van der Waals surface area contributed by atoms with Crippen LogP contribution >= 0.6 is 23.2 Å². The monoisotopic (exact) mass is 271 g/mol. The zero-order valence-electron chi connectivity index (χ0n) is 9.96. The number of benzene rings is 1. The highest BCUT2D eigenvalue weighted by atomic mass is 35.5. The lowest BCUT2D eigenvalue weighted by molar-refractivity contribution is 0.382. The van der Waals surface area contributed by atoms with E-state index < -0.39 is 0 Å². The summed E-state index contributed by atoms with van der Waals surface area (Å²) in [7, 11) is 0. The van der Waals surface area contributed by atoms with E-state index >= 15 is 0 Å². The van der Waals surface area contributed by atoms with Crippen molar-refractivity contribution in [1.29, 1.82) is 0 Å². The Morgan fingerprint density at radius 2 is 1.47 bits per heavy atom. The minimum Gasteiger partial charge on any atom is -0.324 e. The molecule has 17 heavy (non-hydrogen) atoms. The number of hydrogen-bond donors (Lipinski definition) is 1. The first-order chi connectivity index (χ1) is 8.16. The van der Waals surface area contributed by atoms with E-state index in [-0.39, 0.29) is 6.04 Å². The Morgan fingerprint density at radius 1 is 0.941 bits per heavy atom. The molecule has 94 valence electrons. The molecule has 0 aromatic heterocycles. The lowest BCUT2D eigenvalue weighted by atomic mass is 9.88. The van der Waals surface area contributed by atoms with Crippen LogP contribution in [0.4, 0.5) is 0 Å². The lowest BCUT2D eigenvalue weighted by Crippen LogP contribution is -2.21. The Hall–Kier alpha value is -0.240. The van der Waals surface area contributed by atoms with Crippen molar-refractivity contribution in [3.8, 4) is 0 Å². The van der Waals surface area contributed by atoms with Crippen molar-refractivity contribution in [1.82, 2.24) is 0 Å². The maximum atomic E-state index is 6.36. The largest absolute Gasteiger partial charge is 0.324 e. The van der Waals surface area contributed by atoms with Crippen molar-refractivity contribution in [2.75, 3.05) is 0 Å². The fraction of sp³-hybridized carbons (Fsp3) is 0.571. The van der Waals surface area contributed by atoms with Crippen LogP contribution in [0.15, 0.2) is 18.2 Å². The SMILES string of the molecule is NC(c1cc(Cl)cc(Cl)c1)C1CCCCCC1. The molecule has 0 spiro atoms. The van der Waals surface area contributed by atoms with Gasteiger partial charge in [-0.25, -0.2) is 0 Å². The molecule has 1 fully saturated rings. The smallest absolute Gasteiger partial charge is 0.0424 e. The Morgan fingerprint density at radius 3 is 2.00 bits per heavy atom. The zero-order chi connectivity index (χ0) is 12.3. The summed E-state index contributed by atoms with van der Waals surface area (Å²) in [5.41, 5.74) is 7.44. The van der Waals surface area contributed by atoms with E-state index in [1.165, 1.54) is 38.5 Å². The summed E-state index contributed by atoms with van der Waals surface area (Å²) in [6.07, 6.45) is 7.75. The molecule has 0 radical (unpaired) electrons. The fourth-order valence-corrected chi connectivity index (χ4v) is 3.25. The summed E-state index contributed by atoms with van der Waals surface area (Å²) in [4.78, 5) is 0. The molecule has 1 nitrogen and oxygen atoms in total. The van der Waals surface area contributed by atoms with Gasteiger partial charge in [-0.2, -0.15) is 0 Å². The molecule has 0 saturated heterocycles. The number of rotatable bonds is 2. The molecule has 1 aliphatic rings. The molecule has 2 N–H and O–H groups in total. The van der Waals surface area contributed by atoms with Gasteiger partial charge in [0.15, 0.2) is 0 Å². The third-order valence-electron chi connectivity index (χ3n) is 3.68. The predicted molar refractivity (Wildman–Crippen MR) is 74.6 cm³/mol. The molecule has 1 atom stereocenters. The fourth-order valence-electron chi connectivity index (χ4n) is 2.71.